The van der Waals surface area contributed by atoms with Crippen LogP contribution in [0.3, 0.4) is 0 Å². The maximum absolute atomic E-state index is 11.7. The minimum Gasteiger partial charge on any atom is -0.480 e. The molecule has 0 unspecified atom stereocenters. The molecular formula is C18H19N3O3. The number of carboxylic acid groups (broad SMARTS) is 1. The van der Waals surface area contributed by atoms with Crippen molar-refractivity contribution in [2.45, 2.75) is 38.6 Å². The minimum absolute atomic E-state index is 0.560. The standard InChI is InChI=1S/C18H19N3O3/c1-2-14-19-15-11-7-3-4-9-13(11)24-16(15)17(20-14)21-10-6-5-8-12(21)18(22)23/h3-4,7,9,12H,2,5-6,8,10H2,1H3,(H,22,23)/t12-/m0/s1. The van der Waals surface area contributed by atoms with Crippen LogP contribution in [0.15, 0.2) is 28.7 Å². The van der Waals surface area contributed by atoms with Gasteiger partial charge in [-0.25, -0.2) is 14.8 Å². The predicted octanol–water partition coefficient (Wildman–Crippen LogP) is 3.38. The quantitative estimate of drug-likeness (QED) is 0.795. The predicted molar refractivity (Wildman–Crippen MR) is 91.3 cm³/mol. The summed E-state index contributed by atoms with van der Waals surface area (Å²) in [7, 11) is 0. The van der Waals surface area contributed by atoms with Crippen molar-refractivity contribution in [2.75, 3.05) is 11.4 Å². The summed E-state index contributed by atoms with van der Waals surface area (Å²) in [6, 6.07) is 7.18. The number of anilines is 1. The number of piperidine rings is 1. The summed E-state index contributed by atoms with van der Waals surface area (Å²) < 4.78 is 6.00. The normalized spacial score (nSPS) is 18.4. The molecule has 0 aliphatic carbocycles. The number of benzene rings is 1. The maximum atomic E-state index is 11.7. The van der Waals surface area contributed by atoms with Crippen LogP contribution < -0.4 is 4.90 Å². The summed E-state index contributed by atoms with van der Waals surface area (Å²) in [4.78, 5) is 22.8. The minimum atomic E-state index is -0.810. The first-order valence-electron chi connectivity index (χ1n) is 8.36. The first-order chi connectivity index (χ1) is 11.7. The number of aliphatic carboxylic acids is 1. The number of carbonyl (C=O) groups is 1. The van der Waals surface area contributed by atoms with Crippen LogP contribution in [-0.4, -0.2) is 33.6 Å². The van der Waals surface area contributed by atoms with Gasteiger partial charge in [-0.1, -0.05) is 19.1 Å². The molecule has 1 aliphatic rings. The SMILES string of the molecule is CCc1nc(N2CCCC[C@H]2C(=O)O)c2oc3ccccc3c2n1. The van der Waals surface area contributed by atoms with E-state index in [1.165, 1.54) is 0 Å². The van der Waals surface area contributed by atoms with Crippen LogP contribution in [0.5, 0.6) is 0 Å². The van der Waals surface area contributed by atoms with Gasteiger partial charge in [-0.05, 0) is 31.4 Å². The lowest BCUT2D eigenvalue weighted by Crippen LogP contribution is -2.45. The molecule has 0 spiro atoms. The van der Waals surface area contributed by atoms with Gasteiger partial charge in [0, 0.05) is 18.4 Å². The second-order valence-corrected chi connectivity index (χ2v) is 6.14. The molecule has 3 aromatic rings. The molecule has 1 atom stereocenters. The smallest absolute Gasteiger partial charge is 0.326 e. The second kappa shape index (κ2) is 5.78. The van der Waals surface area contributed by atoms with Crippen molar-refractivity contribution in [1.29, 1.82) is 0 Å². The highest BCUT2D eigenvalue weighted by molar-refractivity contribution is 6.06. The third-order valence-corrected chi connectivity index (χ3v) is 4.62. The van der Waals surface area contributed by atoms with Crippen LogP contribution in [0.25, 0.3) is 22.1 Å². The van der Waals surface area contributed by atoms with Gasteiger partial charge in [-0.3, -0.25) is 0 Å². The van der Waals surface area contributed by atoms with Crippen molar-refractivity contribution in [2.24, 2.45) is 0 Å². The average Bonchev–Trinajstić information content (AvgIpc) is 2.99. The number of furan rings is 1. The summed E-state index contributed by atoms with van der Waals surface area (Å²) in [5.41, 5.74) is 2.10. The highest BCUT2D eigenvalue weighted by Crippen LogP contribution is 2.35. The van der Waals surface area contributed by atoms with E-state index in [1.807, 2.05) is 36.1 Å². The van der Waals surface area contributed by atoms with Gasteiger partial charge in [0.2, 0.25) is 0 Å². The third kappa shape index (κ3) is 2.29. The fourth-order valence-electron chi connectivity index (χ4n) is 3.42. The molecule has 1 N–H and O–H groups in total. The van der Waals surface area contributed by atoms with E-state index in [9.17, 15) is 9.90 Å². The van der Waals surface area contributed by atoms with Crippen LogP contribution in [0.4, 0.5) is 5.82 Å². The first kappa shape index (κ1) is 14.9. The molecule has 4 rings (SSSR count). The molecule has 0 saturated carbocycles. The number of nitrogens with zero attached hydrogens (tertiary/aromatic N) is 3. The second-order valence-electron chi connectivity index (χ2n) is 6.14. The molecule has 124 valence electrons. The molecule has 6 nitrogen and oxygen atoms in total. The zero-order valence-electron chi connectivity index (χ0n) is 13.5. The van der Waals surface area contributed by atoms with Gasteiger partial charge < -0.3 is 14.4 Å². The van der Waals surface area contributed by atoms with Gasteiger partial charge in [-0.2, -0.15) is 0 Å². The molecule has 3 heterocycles. The Bertz CT molecular complexity index is 918. The monoisotopic (exact) mass is 325 g/mol. The maximum Gasteiger partial charge on any atom is 0.326 e. The Labute approximate surface area is 139 Å². The number of aromatic nitrogens is 2. The van der Waals surface area contributed by atoms with Crippen LogP contribution in [-0.2, 0) is 11.2 Å². The third-order valence-electron chi connectivity index (χ3n) is 4.62. The van der Waals surface area contributed by atoms with Crippen molar-refractivity contribution < 1.29 is 14.3 Å². The summed E-state index contributed by atoms with van der Waals surface area (Å²) in [6.07, 6.45) is 3.19. The van der Waals surface area contributed by atoms with Crippen molar-refractivity contribution in [3.05, 3.63) is 30.1 Å². The van der Waals surface area contributed by atoms with Crippen molar-refractivity contribution in [3.63, 3.8) is 0 Å². The number of para-hydroxylation sites is 1. The number of aryl methyl sites for hydroxylation is 1. The Morgan fingerprint density at radius 2 is 2.17 bits per heavy atom. The fourth-order valence-corrected chi connectivity index (χ4v) is 3.42. The summed E-state index contributed by atoms with van der Waals surface area (Å²) in [6.45, 7) is 2.67. The van der Waals surface area contributed by atoms with E-state index in [0.29, 0.717) is 36.6 Å². The molecule has 6 heteroatoms. The molecule has 1 fully saturated rings. The largest absolute Gasteiger partial charge is 0.480 e. The first-order valence-corrected chi connectivity index (χ1v) is 8.36. The fraction of sp³-hybridized carbons (Fsp3) is 0.389. The average molecular weight is 325 g/mol. The molecule has 2 aromatic heterocycles. The summed E-state index contributed by atoms with van der Waals surface area (Å²) in [5.74, 6) is 0.509. The van der Waals surface area contributed by atoms with E-state index < -0.39 is 12.0 Å². The van der Waals surface area contributed by atoms with E-state index >= 15 is 0 Å². The molecule has 1 aromatic carbocycles. The molecule has 0 amide bonds. The lowest BCUT2D eigenvalue weighted by Gasteiger charge is -2.33. The molecule has 24 heavy (non-hydrogen) atoms. The molecule has 1 aliphatic heterocycles. The van der Waals surface area contributed by atoms with E-state index in [4.69, 9.17) is 4.42 Å². The van der Waals surface area contributed by atoms with E-state index in [0.717, 1.165) is 29.3 Å². The number of hydrogen-bond donors (Lipinski definition) is 1. The van der Waals surface area contributed by atoms with Crippen LogP contribution in [0.2, 0.25) is 0 Å². The van der Waals surface area contributed by atoms with Gasteiger partial charge in [-0.15, -0.1) is 0 Å². The van der Waals surface area contributed by atoms with Crippen LogP contribution in [0, 0.1) is 0 Å². The highest BCUT2D eigenvalue weighted by atomic mass is 16.4. The summed E-state index contributed by atoms with van der Waals surface area (Å²) in [5, 5.41) is 10.5. The number of hydrogen-bond acceptors (Lipinski definition) is 5. The lowest BCUT2D eigenvalue weighted by atomic mass is 10.0. The van der Waals surface area contributed by atoms with E-state index in [2.05, 4.69) is 9.97 Å². The molecule has 1 saturated heterocycles. The Morgan fingerprint density at radius 1 is 1.33 bits per heavy atom. The van der Waals surface area contributed by atoms with Crippen LogP contribution >= 0.6 is 0 Å². The van der Waals surface area contributed by atoms with Gasteiger partial charge in [0.25, 0.3) is 0 Å². The van der Waals surface area contributed by atoms with Gasteiger partial charge in [0.15, 0.2) is 11.4 Å². The number of fused-ring (bicyclic) bond motifs is 3. The Morgan fingerprint density at radius 3 is 2.96 bits per heavy atom. The summed E-state index contributed by atoms with van der Waals surface area (Å²) >= 11 is 0. The number of carboxylic acids is 1. The van der Waals surface area contributed by atoms with Gasteiger partial charge in [0.05, 0.1) is 0 Å². The van der Waals surface area contributed by atoms with Crippen molar-refractivity contribution in [1.82, 2.24) is 9.97 Å². The lowest BCUT2D eigenvalue weighted by molar-refractivity contribution is -0.139. The Hall–Kier alpha value is -2.63. The van der Waals surface area contributed by atoms with Gasteiger partial charge >= 0.3 is 5.97 Å². The number of rotatable bonds is 3. The zero-order chi connectivity index (χ0) is 16.7. The van der Waals surface area contributed by atoms with Crippen LogP contribution in [0.1, 0.15) is 32.0 Å². The highest BCUT2D eigenvalue weighted by Gasteiger charge is 2.32. The van der Waals surface area contributed by atoms with Crippen molar-refractivity contribution in [3.8, 4) is 0 Å². The topological polar surface area (TPSA) is 79.5 Å². The molecule has 0 bridgehead atoms. The van der Waals surface area contributed by atoms with Gasteiger partial charge in [0.1, 0.15) is 23.0 Å². The van der Waals surface area contributed by atoms with E-state index in [1.54, 1.807) is 0 Å². The Kier molecular flexibility index (Phi) is 3.59. The molecular weight excluding hydrogens is 306 g/mol. The zero-order valence-corrected chi connectivity index (χ0v) is 13.5. The Balaban J connectivity index is 1.97. The van der Waals surface area contributed by atoms with Crippen molar-refractivity contribution >= 4 is 33.9 Å². The van der Waals surface area contributed by atoms with E-state index in [-0.39, 0.29) is 0 Å². The molecule has 0 radical (unpaired) electrons.